The first-order valence-electron chi connectivity index (χ1n) is 5.37. The van der Waals surface area contributed by atoms with Crippen LogP contribution in [-0.4, -0.2) is 73.9 Å². The molecule has 0 spiro atoms. The summed E-state index contributed by atoms with van der Waals surface area (Å²) in [4.78, 5) is 2.05. The van der Waals surface area contributed by atoms with E-state index in [-0.39, 0.29) is 6.10 Å². The molecule has 1 aliphatic heterocycles. The van der Waals surface area contributed by atoms with Gasteiger partial charge in [0.2, 0.25) is 0 Å². The molecule has 5 nitrogen and oxygen atoms in total. The van der Waals surface area contributed by atoms with Crippen LogP contribution in [0.5, 0.6) is 0 Å². The van der Waals surface area contributed by atoms with E-state index >= 15 is 0 Å². The summed E-state index contributed by atoms with van der Waals surface area (Å²) < 4.78 is 10.0. The highest BCUT2D eigenvalue weighted by Gasteiger charge is 2.21. The van der Waals surface area contributed by atoms with Gasteiger partial charge in [0.15, 0.2) is 0 Å². The summed E-state index contributed by atoms with van der Waals surface area (Å²) in [7, 11) is 1.62. The van der Waals surface area contributed by atoms with E-state index in [9.17, 15) is 10.2 Å². The Labute approximate surface area is 90.6 Å². The van der Waals surface area contributed by atoms with E-state index in [1.54, 1.807) is 7.11 Å². The zero-order valence-corrected chi connectivity index (χ0v) is 9.26. The highest BCUT2D eigenvalue weighted by Crippen LogP contribution is 2.08. The molecular weight excluding hydrogens is 198 g/mol. The molecule has 1 rings (SSSR count). The van der Waals surface area contributed by atoms with Gasteiger partial charge < -0.3 is 19.7 Å². The van der Waals surface area contributed by atoms with Crippen LogP contribution >= 0.6 is 0 Å². The SMILES string of the molecule is COCCOCC(O)CN1CC[C@@H](O)C1. The van der Waals surface area contributed by atoms with Crippen molar-refractivity contribution in [3.63, 3.8) is 0 Å². The summed E-state index contributed by atoms with van der Waals surface area (Å²) in [6, 6.07) is 0. The number of hydrogen-bond acceptors (Lipinski definition) is 5. The van der Waals surface area contributed by atoms with Crippen molar-refractivity contribution < 1.29 is 19.7 Å². The van der Waals surface area contributed by atoms with E-state index in [4.69, 9.17) is 9.47 Å². The summed E-state index contributed by atoms with van der Waals surface area (Å²) in [5, 5.41) is 18.9. The number of aliphatic hydroxyl groups is 2. The molecule has 0 saturated carbocycles. The van der Waals surface area contributed by atoms with Crippen LogP contribution in [0.1, 0.15) is 6.42 Å². The van der Waals surface area contributed by atoms with E-state index in [1.807, 2.05) is 0 Å². The zero-order valence-electron chi connectivity index (χ0n) is 9.26. The van der Waals surface area contributed by atoms with Crippen molar-refractivity contribution in [1.82, 2.24) is 4.90 Å². The highest BCUT2D eigenvalue weighted by atomic mass is 16.5. The van der Waals surface area contributed by atoms with Crippen molar-refractivity contribution in [1.29, 1.82) is 0 Å². The monoisotopic (exact) mass is 219 g/mol. The molecule has 1 aliphatic rings. The number of aliphatic hydroxyl groups excluding tert-OH is 2. The number of rotatable bonds is 7. The predicted molar refractivity (Wildman–Crippen MR) is 55.8 cm³/mol. The van der Waals surface area contributed by atoms with Gasteiger partial charge in [-0.2, -0.15) is 0 Å². The first kappa shape index (κ1) is 12.9. The Balaban J connectivity index is 2.00. The van der Waals surface area contributed by atoms with Gasteiger partial charge >= 0.3 is 0 Å². The average molecular weight is 219 g/mol. The van der Waals surface area contributed by atoms with Gasteiger partial charge in [-0.1, -0.05) is 0 Å². The van der Waals surface area contributed by atoms with Crippen LogP contribution in [-0.2, 0) is 9.47 Å². The average Bonchev–Trinajstić information content (AvgIpc) is 2.59. The summed E-state index contributed by atoms with van der Waals surface area (Å²) in [6.07, 6.45) is 0.0934. The fourth-order valence-electron chi connectivity index (χ4n) is 1.69. The molecule has 15 heavy (non-hydrogen) atoms. The van der Waals surface area contributed by atoms with E-state index in [1.165, 1.54) is 0 Å². The Morgan fingerprint density at radius 2 is 2.27 bits per heavy atom. The van der Waals surface area contributed by atoms with E-state index in [2.05, 4.69) is 4.90 Å². The first-order valence-corrected chi connectivity index (χ1v) is 5.37. The van der Waals surface area contributed by atoms with Crippen molar-refractivity contribution in [3.8, 4) is 0 Å². The number of β-amino-alcohol motifs (C(OH)–C–C–N with tert-alkyl or cyclic N) is 2. The van der Waals surface area contributed by atoms with Crippen molar-refractivity contribution in [2.45, 2.75) is 18.6 Å². The lowest BCUT2D eigenvalue weighted by Gasteiger charge is -2.19. The Morgan fingerprint density at radius 1 is 1.47 bits per heavy atom. The molecule has 0 aromatic carbocycles. The second-order valence-electron chi connectivity index (χ2n) is 3.92. The van der Waals surface area contributed by atoms with Crippen molar-refractivity contribution in [2.24, 2.45) is 0 Å². The van der Waals surface area contributed by atoms with Crippen molar-refractivity contribution >= 4 is 0 Å². The normalized spacial score (nSPS) is 24.6. The third-order valence-electron chi connectivity index (χ3n) is 2.46. The van der Waals surface area contributed by atoms with Crippen LogP contribution < -0.4 is 0 Å². The standard InChI is InChI=1S/C10H21NO4/c1-14-4-5-15-8-10(13)7-11-3-2-9(12)6-11/h9-10,12-13H,2-8H2,1H3/t9-,10?/m1/s1. The van der Waals surface area contributed by atoms with E-state index < -0.39 is 6.10 Å². The molecule has 2 N–H and O–H groups in total. The zero-order chi connectivity index (χ0) is 11.1. The fourth-order valence-corrected chi connectivity index (χ4v) is 1.69. The predicted octanol–water partition coefficient (Wildman–Crippen LogP) is -0.923. The number of ether oxygens (including phenoxy) is 2. The number of likely N-dealkylation sites (tertiary alicyclic amines) is 1. The molecule has 2 atom stereocenters. The number of nitrogens with zero attached hydrogens (tertiary/aromatic N) is 1. The minimum atomic E-state index is -0.479. The number of methoxy groups -OCH3 is 1. The van der Waals surface area contributed by atoms with Crippen LogP contribution in [0.15, 0.2) is 0 Å². The second-order valence-corrected chi connectivity index (χ2v) is 3.92. The molecule has 1 heterocycles. The van der Waals surface area contributed by atoms with Gasteiger partial charge in [0.05, 0.1) is 32.0 Å². The van der Waals surface area contributed by atoms with Crippen LogP contribution in [0, 0.1) is 0 Å². The molecule has 1 fully saturated rings. The maximum atomic E-state index is 9.61. The van der Waals surface area contributed by atoms with E-state index in [0.29, 0.717) is 32.9 Å². The van der Waals surface area contributed by atoms with Crippen LogP contribution in [0.25, 0.3) is 0 Å². The minimum absolute atomic E-state index is 0.230. The van der Waals surface area contributed by atoms with Gasteiger partial charge in [0.1, 0.15) is 0 Å². The Morgan fingerprint density at radius 3 is 2.87 bits per heavy atom. The third-order valence-corrected chi connectivity index (χ3v) is 2.46. The molecule has 0 bridgehead atoms. The van der Waals surface area contributed by atoms with Crippen LogP contribution in [0.3, 0.4) is 0 Å². The second kappa shape index (κ2) is 7.14. The summed E-state index contributed by atoms with van der Waals surface area (Å²) >= 11 is 0. The van der Waals surface area contributed by atoms with E-state index in [0.717, 1.165) is 13.0 Å². The quantitative estimate of drug-likeness (QED) is 0.542. The fraction of sp³-hybridized carbons (Fsp3) is 1.00. The van der Waals surface area contributed by atoms with Gasteiger partial charge in [-0.25, -0.2) is 0 Å². The largest absolute Gasteiger partial charge is 0.392 e. The molecule has 0 amide bonds. The van der Waals surface area contributed by atoms with Crippen LogP contribution in [0.2, 0.25) is 0 Å². The van der Waals surface area contributed by atoms with Gasteiger partial charge in [0, 0.05) is 26.7 Å². The topological polar surface area (TPSA) is 62.2 Å². The molecule has 90 valence electrons. The maximum absolute atomic E-state index is 9.61. The Kier molecular flexibility index (Phi) is 6.12. The molecule has 5 heteroatoms. The molecule has 0 aromatic rings. The van der Waals surface area contributed by atoms with Gasteiger partial charge in [-0.3, -0.25) is 4.90 Å². The lowest BCUT2D eigenvalue weighted by molar-refractivity contribution is 0.000964. The van der Waals surface area contributed by atoms with Crippen LogP contribution in [0.4, 0.5) is 0 Å². The molecule has 1 saturated heterocycles. The molecule has 1 unspecified atom stereocenters. The summed E-state index contributed by atoms with van der Waals surface area (Å²) in [5.74, 6) is 0. The lowest BCUT2D eigenvalue weighted by Crippen LogP contribution is -2.34. The molecule has 0 radical (unpaired) electrons. The maximum Gasteiger partial charge on any atom is 0.0900 e. The van der Waals surface area contributed by atoms with Crippen molar-refractivity contribution in [2.75, 3.05) is 46.6 Å². The third kappa shape index (κ3) is 5.44. The molecule has 0 aromatic heterocycles. The lowest BCUT2D eigenvalue weighted by atomic mass is 10.3. The smallest absolute Gasteiger partial charge is 0.0900 e. The number of hydrogen-bond donors (Lipinski definition) is 2. The van der Waals surface area contributed by atoms with Crippen molar-refractivity contribution in [3.05, 3.63) is 0 Å². The first-order chi connectivity index (χ1) is 7.22. The Hall–Kier alpha value is -0.200. The van der Waals surface area contributed by atoms with Gasteiger partial charge in [-0.05, 0) is 6.42 Å². The van der Waals surface area contributed by atoms with Gasteiger partial charge in [0.25, 0.3) is 0 Å². The van der Waals surface area contributed by atoms with Gasteiger partial charge in [-0.15, -0.1) is 0 Å². The summed E-state index contributed by atoms with van der Waals surface area (Å²) in [5.41, 5.74) is 0. The Bertz CT molecular complexity index is 168. The molecular formula is C10H21NO4. The summed E-state index contributed by atoms with van der Waals surface area (Å²) in [6.45, 7) is 3.48. The highest BCUT2D eigenvalue weighted by molar-refractivity contribution is 4.76. The molecule has 0 aliphatic carbocycles. The minimum Gasteiger partial charge on any atom is -0.392 e.